The van der Waals surface area contributed by atoms with Crippen LogP contribution >= 0.6 is 0 Å². The number of benzene rings is 1. The normalized spacial score (nSPS) is 21.0. The van der Waals surface area contributed by atoms with Crippen LogP contribution in [0.5, 0.6) is 5.75 Å². The standard InChI is InChI=1S/C17H24N2O3/c1-4-5-12-11-19(13-6-8-14(22-3)9-7-13)17(21)15(12)10-16(20)18-2/h6-9,12,15H,4-5,10-11H2,1-3H3,(H,18,20)/t12-,15-/m0/s1. The summed E-state index contributed by atoms with van der Waals surface area (Å²) in [4.78, 5) is 26.2. The lowest BCUT2D eigenvalue weighted by atomic mass is 9.88. The second-order valence-electron chi connectivity index (χ2n) is 5.68. The van der Waals surface area contributed by atoms with Crippen molar-refractivity contribution in [1.29, 1.82) is 0 Å². The van der Waals surface area contributed by atoms with Crippen molar-refractivity contribution in [1.82, 2.24) is 5.32 Å². The summed E-state index contributed by atoms with van der Waals surface area (Å²) in [6, 6.07) is 7.48. The van der Waals surface area contributed by atoms with Gasteiger partial charge in [-0.25, -0.2) is 0 Å². The maximum Gasteiger partial charge on any atom is 0.230 e. The summed E-state index contributed by atoms with van der Waals surface area (Å²) in [7, 11) is 3.23. The third kappa shape index (κ3) is 3.40. The van der Waals surface area contributed by atoms with E-state index < -0.39 is 0 Å². The van der Waals surface area contributed by atoms with E-state index in [0.29, 0.717) is 6.54 Å². The van der Waals surface area contributed by atoms with Gasteiger partial charge in [-0.3, -0.25) is 9.59 Å². The molecule has 1 fully saturated rings. The van der Waals surface area contributed by atoms with Crippen molar-refractivity contribution >= 4 is 17.5 Å². The fourth-order valence-electron chi connectivity index (χ4n) is 3.07. The first-order chi connectivity index (χ1) is 10.6. The largest absolute Gasteiger partial charge is 0.497 e. The van der Waals surface area contributed by atoms with Gasteiger partial charge >= 0.3 is 0 Å². The number of nitrogens with zero attached hydrogens (tertiary/aromatic N) is 1. The molecule has 0 unspecified atom stereocenters. The number of hydrogen-bond acceptors (Lipinski definition) is 3. The van der Waals surface area contributed by atoms with Crippen LogP contribution in [0, 0.1) is 11.8 Å². The van der Waals surface area contributed by atoms with E-state index >= 15 is 0 Å². The molecule has 2 atom stereocenters. The zero-order chi connectivity index (χ0) is 16.1. The Labute approximate surface area is 131 Å². The van der Waals surface area contributed by atoms with E-state index in [0.717, 1.165) is 24.3 Å². The van der Waals surface area contributed by atoms with Gasteiger partial charge in [-0.2, -0.15) is 0 Å². The molecular weight excluding hydrogens is 280 g/mol. The average Bonchev–Trinajstić information content (AvgIpc) is 2.84. The van der Waals surface area contributed by atoms with Crippen molar-refractivity contribution in [2.75, 3.05) is 25.6 Å². The van der Waals surface area contributed by atoms with Gasteiger partial charge in [-0.15, -0.1) is 0 Å². The number of hydrogen-bond donors (Lipinski definition) is 1. The van der Waals surface area contributed by atoms with E-state index in [1.807, 2.05) is 24.3 Å². The summed E-state index contributed by atoms with van der Waals surface area (Å²) in [5, 5.41) is 2.62. The molecular formula is C17H24N2O3. The molecule has 120 valence electrons. The Morgan fingerprint density at radius 3 is 2.59 bits per heavy atom. The number of carbonyl (C=O) groups excluding carboxylic acids is 2. The van der Waals surface area contributed by atoms with Crippen LogP contribution in [0.1, 0.15) is 26.2 Å². The molecule has 1 aliphatic rings. The third-order valence-electron chi connectivity index (χ3n) is 4.30. The van der Waals surface area contributed by atoms with Crippen LogP contribution < -0.4 is 15.0 Å². The maximum atomic E-state index is 12.7. The van der Waals surface area contributed by atoms with Crippen molar-refractivity contribution in [3.05, 3.63) is 24.3 Å². The number of carbonyl (C=O) groups is 2. The minimum atomic E-state index is -0.220. The molecule has 1 heterocycles. The van der Waals surface area contributed by atoms with Crippen molar-refractivity contribution in [2.24, 2.45) is 11.8 Å². The van der Waals surface area contributed by atoms with E-state index in [1.165, 1.54) is 0 Å². The summed E-state index contributed by atoms with van der Waals surface area (Å²) in [6.45, 7) is 2.79. The van der Waals surface area contributed by atoms with Crippen molar-refractivity contribution in [3.8, 4) is 5.75 Å². The molecule has 1 aromatic rings. The highest BCUT2D eigenvalue weighted by Gasteiger charge is 2.41. The first-order valence-electron chi connectivity index (χ1n) is 7.76. The highest BCUT2D eigenvalue weighted by Crippen LogP contribution is 2.34. The molecule has 0 saturated carbocycles. The quantitative estimate of drug-likeness (QED) is 0.876. The smallest absolute Gasteiger partial charge is 0.230 e. The molecule has 1 aromatic carbocycles. The fraction of sp³-hybridized carbons (Fsp3) is 0.529. The molecule has 22 heavy (non-hydrogen) atoms. The number of anilines is 1. The molecule has 1 aliphatic heterocycles. The number of amides is 2. The molecule has 1 N–H and O–H groups in total. The van der Waals surface area contributed by atoms with Crippen LogP contribution in [0.4, 0.5) is 5.69 Å². The molecule has 0 radical (unpaired) electrons. The Balaban J connectivity index is 2.18. The lowest BCUT2D eigenvalue weighted by molar-refractivity contribution is -0.127. The summed E-state index contributed by atoms with van der Waals surface area (Å²) >= 11 is 0. The van der Waals surface area contributed by atoms with Crippen molar-refractivity contribution < 1.29 is 14.3 Å². The monoisotopic (exact) mass is 304 g/mol. The molecule has 2 amide bonds. The molecule has 5 nitrogen and oxygen atoms in total. The molecule has 2 rings (SSSR count). The topological polar surface area (TPSA) is 58.6 Å². The van der Waals surface area contributed by atoms with Gasteiger partial charge in [0.2, 0.25) is 11.8 Å². The third-order valence-corrected chi connectivity index (χ3v) is 4.30. The Hall–Kier alpha value is -2.04. The average molecular weight is 304 g/mol. The van der Waals surface area contributed by atoms with Gasteiger partial charge in [0, 0.05) is 25.7 Å². The second kappa shape index (κ2) is 7.29. The predicted octanol–water partition coefficient (Wildman–Crippen LogP) is 2.21. The second-order valence-corrected chi connectivity index (χ2v) is 5.68. The SMILES string of the molecule is CCC[C@H]1CN(c2ccc(OC)cc2)C(=O)[C@H]1CC(=O)NC. The van der Waals surface area contributed by atoms with Crippen LogP contribution in [0.15, 0.2) is 24.3 Å². The van der Waals surface area contributed by atoms with Crippen LogP contribution in [0.25, 0.3) is 0 Å². The number of nitrogens with one attached hydrogen (secondary N) is 1. The van der Waals surface area contributed by atoms with Crippen LogP contribution in [0.2, 0.25) is 0 Å². The van der Waals surface area contributed by atoms with E-state index in [9.17, 15) is 9.59 Å². The van der Waals surface area contributed by atoms with Gasteiger partial charge in [0.05, 0.1) is 13.0 Å². The number of rotatable bonds is 6. The molecule has 0 bridgehead atoms. The van der Waals surface area contributed by atoms with Crippen LogP contribution in [0.3, 0.4) is 0 Å². The maximum absolute atomic E-state index is 12.7. The highest BCUT2D eigenvalue weighted by molar-refractivity contribution is 5.99. The molecule has 1 saturated heterocycles. The van der Waals surface area contributed by atoms with Crippen molar-refractivity contribution in [2.45, 2.75) is 26.2 Å². The van der Waals surface area contributed by atoms with E-state index in [4.69, 9.17) is 4.74 Å². The van der Waals surface area contributed by atoms with Crippen LogP contribution in [-0.4, -0.2) is 32.5 Å². The minimum Gasteiger partial charge on any atom is -0.497 e. The zero-order valence-electron chi connectivity index (χ0n) is 13.5. The fourth-order valence-corrected chi connectivity index (χ4v) is 3.07. The first kappa shape index (κ1) is 16.3. The summed E-state index contributed by atoms with van der Waals surface area (Å²) in [5.41, 5.74) is 0.867. The summed E-state index contributed by atoms with van der Waals surface area (Å²) in [6.07, 6.45) is 2.24. The Morgan fingerprint density at radius 1 is 1.36 bits per heavy atom. The number of methoxy groups -OCH3 is 1. The molecule has 5 heteroatoms. The van der Waals surface area contributed by atoms with Gasteiger partial charge in [0.25, 0.3) is 0 Å². The van der Waals surface area contributed by atoms with E-state index in [2.05, 4.69) is 12.2 Å². The Bertz CT molecular complexity index is 527. The number of ether oxygens (including phenoxy) is 1. The lowest BCUT2D eigenvalue weighted by Crippen LogP contribution is -2.30. The predicted molar refractivity (Wildman–Crippen MR) is 85.9 cm³/mol. The van der Waals surface area contributed by atoms with Crippen LogP contribution in [-0.2, 0) is 9.59 Å². The van der Waals surface area contributed by atoms with Gasteiger partial charge in [0.1, 0.15) is 5.75 Å². The van der Waals surface area contributed by atoms with Gasteiger partial charge < -0.3 is 15.0 Å². The van der Waals surface area contributed by atoms with Crippen molar-refractivity contribution in [3.63, 3.8) is 0 Å². The zero-order valence-corrected chi connectivity index (χ0v) is 13.5. The molecule has 0 spiro atoms. The summed E-state index contributed by atoms with van der Waals surface area (Å²) in [5.74, 6) is 0.754. The molecule has 0 aromatic heterocycles. The van der Waals surface area contributed by atoms with E-state index in [1.54, 1.807) is 19.1 Å². The first-order valence-corrected chi connectivity index (χ1v) is 7.76. The summed E-state index contributed by atoms with van der Waals surface area (Å²) < 4.78 is 5.15. The van der Waals surface area contributed by atoms with Gasteiger partial charge in [-0.05, 0) is 36.6 Å². The van der Waals surface area contributed by atoms with E-state index in [-0.39, 0.29) is 30.1 Å². The molecule has 0 aliphatic carbocycles. The lowest BCUT2D eigenvalue weighted by Gasteiger charge is -2.17. The highest BCUT2D eigenvalue weighted by atomic mass is 16.5. The Morgan fingerprint density at radius 2 is 2.05 bits per heavy atom. The Kier molecular flexibility index (Phi) is 5.41. The van der Waals surface area contributed by atoms with Gasteiger partial charge in [-0.1, -0.05) is 13.3 Å². The van der Waals surface area contributed by atoms with Gasteiger partial charge in [0.15, 0.2) is 0 Å². The minimum absolute atomic E-state index is 0.0483.